The first-order chi connectivity index (χ1) is 11.6. The van der Waals surface area contributed by atoms with Crippen LogP contribution in [-0.2, 0) is 6.54 Å². The second kappa shape index (κ2) is 7.00. The number of carbonyl (C=O) groups excluding carboxylic acids is 1. The second-order valence-corrected chi connectivity index (χ2v) is 5.47. The summed E-state index contributed by atoms with van der Waals surface area (Å²) in [6.07, 6.45) is 1.52. The van der Waals surface area contributed by atoms with E-state index in [2.05, 4.69) is 4.98 Å². The quantitative estimate of drug-likeness (QED) is 0.711. The average molecular weight is 322 g/mol. The molecular formula is C19H18N2O3. The van der Waals surface area contributed by atoms with Crippen LogP contribution >= 0.6 is 0 Å². The molecule has 0 atom stereocenters. The maximum atomic E-state index is 12.4. The Hall–Kier alpha value is -3.08. The lowest BCUT2D eigenvalue weighted by Gasteiger charge is -2.15. The van der Waals surface area contributed by atoms with Crippen LogP contribution < -0.4 is 4.74 Å². The van der Waals surface area contributed by atoms with Crippen LogP contribution in [0.4, 0.5) is 0 Å². The Morgan fingerprint density at radius 2 is 1.92 bits per heavy atom. The zero-order chi connectivity index (χ0) is 16.9. The number of aryl methyl sites for hydroxylation is 1. The highest BCUT2D eigenvalue weighted by Crippen LogP contribution is 2.19. The number of ether oxygens (including phenoxy) is 1. The summed E-state index contributed by atoms with van der Waals surface area (Å²) in [6, 6.07) is 16.5. The lowest BCUT2D eigenvalue weighted by Crippen LogP contribution is -2.26. The monoisotopic (exact) mass is 322 g/mol. The molecule has 0 unspecified atom stereocenters. The Labute approximate surface area is 140 Å². The summed E-state index contributed by atoms with van der Waals surface area (Å²) in [7, 11) is 1.73. The smallest absolute Gasteiger partial charge is 0.255 e. The van der Waals surface area contributed by atoms with Crippen LogP contribution in [-0.4, -0.2) is 22.8 Å². The van der Waals surface area contributed by atoms with Crippen LogP contribution in [0, 0.1) is 6.92 Å². The third-order valence-corrected chi connectivity index (χ3v) is 3.48. The minimum atomic E-state index is -0.122. The number of hydrogen-bond acceptors (Lipinski definition) is 4. The van der Waals surface area contributed by atoms with E-state index >= 15 is 0 Å². The first-order valence-corrected chi connectivity index (χ1v) is 7.61. The van der Waals surface area contributed by atoms with E-state index in [0.29, 0.717) is 23.7 Å². The van der Waals surface area contributed by atoms with Gasteiger partial charge in [0.2, 0.25) is 5.88 Å². The van der Waals surface area contributed by atoms with Gasteiger partial charge in [0, 0.05) is 19.3 Å². The van der Waals surface area contributed by atoms with Gasteiger partial charge >= 0.3 is 0 Å². The number of hydrogen-bond donors (Lipinski definition) is 0. The van der Waals surface area contributed by atoms with Gasteiger partial charge in [-0.3, -0.25) is 4.79 Å². The molecule has 1 amide bonds. The van der Waals surface area contributed by atoms with Crippen LogP contribution in [0.15, 0.2) is 65.2 Å². The summed E-state index contributed by atoms with van der Waals surface area (Å²) in [5, 5.41) is 0. The highest BCUT2D eigenvalue weighted by molar-refractivity contribution is 5.93. The highest BCUT2D eigenvalue weighted by atomic mass is 16.5. The molecular weight excluding hydrogens is 304 g/mol. The molecule has 0 saturated carbocycles. The molecule has 3 aromatic rings. The minimum absolute atomic E-state index is 0.122. The fraction of sp³-hybridized carbons (Fsp3) is 0.158. The fourth-order valence-electron chi connectivity index (χ4n) is 2.27. The zero-order valence-electron chi connectivity index (χ0n) is 13.6. The van der Waals surface area contributed by atoms with Crippen LogP contribution in [0.25, 0.3) is 0 Å². The molecule has 5 heteroatoms. The lowest BCUT2D eigenvalue weighted by molar-refractivity contribution is 0.0774. The van der Waals surface area contributed by atoms with Crippen molar-refractivity contribution in [3.05, 3.63) is 77.9 Å². The largest absolute Gasteiger partial charge is 0.464 e. The third kappa shape index (κ3) is 3.81. The third-order valence-electron chi connectivity index (χ3n) is 3.48. The van der Waals surface area contributed by atoms with E-state index in [4.69, 9.17) is 9.15 Å². The highest BCUT2D eigenvalue weighted by Gasteiger charge is 2.14. The van der Waals surface area contributed by atoms with Gasteiger partial charge in [0.1, 0.15) is 17.3 Å². The Morgan fingerprint density at radius 1 is 1.12 bits per heavy atom. The molecule has 0 N–H and O–H groups in total. The van der Waals surface area contributed by atoms with E-state index in [1.165, 1.54) is 6.20 Å². The Morgan fingerprint density at radius 3 is 2.54 bits per heavy atom. The normalized spacial score (nSPS) is 10.4. The summed E-state index contributed by atoms with van der Waals surface area (Å²) in [6.45, 7) is 2.29. The van der Waals surface area contributed by atoms with Crippen LogP contribution in [0.1, 0.15) is 21.9 Å². The predicted molar refractivity (Wildman–Crippen MR) is 90.0 cm³/mol. The van der Waals surface area contributed by atoms with Gasteiger partial charge in [0.25, 0.3) is 5.91 Å². The van der Waals surface area contributed by atoms with Crippen molar-refractivity contribution in [1.29, 1.82) is 0 Å². The molecule has 0 aliphatic carbocycles. The van der Waals surface area contributed by atoms with Gasteiger partial charge in [0.05, 0.1) is 12.1 Å². The van der Waals surface area contributed by atoms with Gasteiger partial charge in [0.15, 0.2) is 0 Å². The van der Waals surface area contributed by atoms with E-state index < -0.39 is 0 Å². The number of aromatic nitrogens is 1. The number of furan rings is 1. The van der Waals surface area contributed by atoms with Crippen LogP contribution in [0.3, 0.4) is 0 Å². The summed E-state index contributed by atoms with van der Waals surface area (Å²) < 4.78 is 11.1. The van der Waals surface area contributed by atoms with Crippen molar-refractivity contribution < 1.29 is 13.9 Å². The van der Waals surface area contributed by atoms with Crippen molar-refractivity contribution in [2.45, 2.75) is 13.5 Å². The van der Waals surface area contributed by atoms with E-state index in [-0.39, 0.29) is 5.91 Å². The van der Waals surface area contributed by atoms with Crippen molar-refractivity contribution >= 4 is 5.91 Å². The van der Waals surface area contributed by atoms with Crippen LogP contribution in [0.5, 0.6) is 11.6 Å². The van der Waals surface area contributed by atoms with Crippen molar-refractivity contribution in [2.24, 2.45) is 0 Å². The minimum Gasteiger partial charge on any atom is -0.464 e. The van der Waals surface area contributed by atoms with Gasteiger partial charge in [-0.15, -0.1) is 0 Å². The number of benzene rings is 1. The van der Waals surface area contributed by atoms with E-state index in [9.17, 15) is 4.79 Å². The van der Waals surface area contributed by atoms with Crippen molar-refractivity contribution in [3.8, 4) is 11.6 Å². The molecule has 0 saturated heterocycles. The molecule has 1 aromatic carbocycles. The molecule has 24 heavy (non-hydrogen) atoms. The first-order valence-electron chi connectivity index (χ1n) is 7.61. The van der Waals surface area contributed by atoms with Crippen LogP contribution in [0.2, 0.25) is 0 Å². The van der Waals surface area contributed by atoms with E-state index in [1.807, 2.05) is 49.4 Å². The number of amides is 1. The Balaban J connectivity index is 1.65. The van der Waals surface area contributed by atoms with Crippen molar-refractivity contribution in [3.63, 3.8) is 0 Å². The summed E-state index contributed by atoms with van der Waals surface area (Å²) in [5.74, 6) is 2.61. The van der Waals surface area contributed by atoms with Gasteiger partial charge in [-0.1, -0.05) is 18.2 Å². The molecule has 0 bridgehead atoms. The second-order valence-electron chi connectivity index (χ2n) is 5.47. The molecule has 2 heterocycles. The molecule has 3 rings (SSSR count). The van der Waals surface area contributed by atoms with Gasteiger partial charge in [-0.25, -0.2) is 4.98 Å². The number of para-hydroxylation sites is 1. The standard InChI is InChI=1S/C19H18N2O3/c1-14-8-10-17(23-14)13-21(2)19(22)15-9-11-18(20-12-15)24-16-6-4-3-5-7-16/h3-12H,13H2,1-2H3. The van der Waals surface area contributed by atoms with Gasteiger partial charge in [-0.2, -0.15) is 0 Å². The zero-order valence-corrected chi connectivity index (χ0v) is 13.6. The molecule has 5 nitrogen and oxygen atoms in total. The summed E-state index contributed by atoms with van der Waals surface area (Å²) in [5.41, 5.74) is 0.501. The maximum absolute atomic E-state index is 12.4. The van der Waals surface area contributed by atoms with Crippen molar-refractivity contribution in [1.82, 2.24) is 9.88 Å². The molecule has 2 aromatic heterocycles. The van der Waals surface area contributed by atoms with E-state index in [0.717, 1.165) is 11.5 Å². The van der Waals surface area contributed by atoms with Crippen molar-refractivity contribution in [2.75, 3.05) is 7.05 Å². The maximum Gasteiger partial charge on any atom is 0.255 e. The van der Waals surface area contributed by atoms with E-state index in [1.54, 1.807) is 24.1 Å². The molecule has 0 radical (unpaired) electrons. The molecule has 122 valence electrons. The molecule has 0 aliphatic rings. The number of rotatable bonds is 5. The molecule has 0 fully saturated rings. The number of pyridine rings is 1. The average Bonchev–Trinajstić information content (AvgIpc) is 3.00. The van der Waals surface area contributed by atoms with Gasteiger partial charge in [-0.05, 0) is 37.3 Å². The number of carbonyl (C=O) groups is 1. The number of nitrogens with zero attached hydrogens (tertiary/aromatic N) is 2. The first kappa shape index (κ1) is 15.8. The lowest BCUT2D eigenvalue weighted by atomic mass is 10.2. The summed E-state index contributed by atoms with van der Waals surface area (Å²) in [4.78, 5) is 18.2. The molecule has 0 aliphatic heterocycles. The Kier molecular flexibility index (Phi) is 4.61. The van der Waals surface area contributed by atoms with Gasteiger partial charge < -0.3 is 14.1 Å². The Bertz CT molecular complexity index is 810. The SMILES string of the molecule is Cc1ccc(CN(C)C(=O)c2ccc(Oc3ccccc3)nc2)o1. The fourth-order valence-corrected chi connectivity index (χ4v) is 2.27. The summed E-state index contributed by atoms with van der Waals surface area (Å²) >= 11 is 0. The molecule has 0 spiro atoms. The predicted octanol–water partition coefficient (Wildman–Crippen LogP) is 4.05. The topological polar surface area (TPSA) is 55.6 Å².